The van der Waals surface area contributed by atoms with Crippen LogP contribution in [0, 0.1) is 0 Å². The number of amides is 1. The van der Waals surface area contributed by atoms with Gasteiger partial charge in [-0.3, -0.25) is 4.79 Å². The van der Waals surface area contributed by atoms with Crippen LogP contribution in [-0.4, -0.2) is 22.9 Å². The number of nitrogens with zero attached hydrogens (tertiary/aromatic N) is 1. The van der Waals surface area contributed by atoms with Crippen LogP contribution >= 0.6 is 11.3 Å². The zero-order chi connectivity index (χ0) is 11.0. The topological polar surface area (TPSA) is 20.3 Å². The van der Waals surface area contributed by atoms with E-state index in [0.29, 0.717) is 12.1 Å². The lowest BCUT2D eigenvalue weighted by molar-refractivity contribution is 0.0669. The molecular formula is C13H17NOS. The molecule has 0 bridgehead atoms. The lowest BCUT2D eigenvalue weighted by atomic mass is 10.2. The Bertz CT molecular complexity index is 363. The van der Waals surface area contributed by atoms with Crippen LogP contribution in [0.1, 0.15) is 48.2 Å². The van der Waals surface area contributed by atoms with Crippen molar-refractivity contribution in [3.8, 4) is 0 Å². The lowest BCUT2D eigenvalue weighted by Gasteiger charge is -2.28. The molecule has 1 aromatic heterocycles. The Kier molecular flexibility index (Phi) is 2.72. The number of carbonyl (C=O) groups is 1. The molecule has 0 atom stereocenters. The molecule has 0 spiro atoms. The fourth-order valence-corrected chi connectivity index (χ4v) is 3.36. The second-order valence-electron chi connectivity index (χ2n) is 4.86. The summed E-state index contributed by atoms with van der Waals surface area (Å²) in [6, 6.07) is 5.01. The minimum absolute atomic E-state index is 0.282. The molecule has 1 amide bonds. The van der Waals surface area contributed by atoms with Crippen LogP contribution < -0.4 is 0 Å². The molecule has 3 rings (SSSR count). The predicted molar refractivity (Wildman–Crippen MR) is 65.8 cm³/mol. The van der Waals surface area contributed by atoms with Crippen molar-refractivity contribution in [1.82, 2.24) is 4.90 Å². The molecule has 16 heavy (non-hydrogen) atoms. The van der Waals surface area contributed by atoms with Gasteiger partial charge in [-0.25, -0.2) is 0 Å². The van der Waals surface area contributed by atoms with Crippen molar-refractivity contribution in [2.45, 2.75) is 50.6 Å². The van der Waals surface area contributed by atoms with Gasteiger partial charge in [0.2, 0.25) is 0 Å². The fraction of sp³-hybridized carbons (Fsp3) is 0.615. The molecule has 86 valence electrons. The molecule has 2 nitrogen and oxygen atoms in total. The average Bonchev–Trinajstić information content (AvgIpc) is 2.83. The Labute approximate surface area is 100 Å². The first-order chi connectivity index (χ1) is 7.86. The second kappa shape index (κ2) is 4.21. The van der Waals surface area contributed by atoms with Gasteiger partial charge >= 0.3 is 0 Å². The molecule has 0 saturated heterocycles. The van der Waals surface area contributed by atoms with Gasteiger partial charge in [0.15, 0.2) is 0 Å². The van der Waals surface area contributed by atoms with Crippen LogP contribution in [0.5, 0.6) is 0 Å². The van der Waals surface area contributed by atoms with E-state index in [2.05, 4.69) is 4.90 Å². The molecule has 0 aromatic carbocycles. The summed E-state index contributed by atoms with van der Waals surface area (Å²) in [7, 11) is 0. The van der Waals surface area contributed by atoms with Crippen molar-refractivity contribution < 1.29 is 4.79 Å². The van der Waals surface area contributed by atoms with Crippen LogP contribution in [-0.2, 0) is 0 Å². The third-order valence-corrected chi connectivity index (χ3v) is 4.48. The normalized spacial score (nSPS) is 21.2. The molecule has 0 N–H and O–H groups in total. The highest BCUT2D eigenvalue weighted by atomic mass is 32.1. The molecule has 0 unspecified atom stereocenters. The molecule has 0 aliphatic heterocycles. The molecule has 3 heteroatoms. The summed E-state index contributed by atoms with van der Waals surface area (Å²) in [5.41, 5.74) is 0. The smallest absolute Gasteiger partial charge is 0.264 e. The van der Waals surface area contributed by atoms with Crippen molar-refractivity contribution in [3.63, 3.8) is 0 Å². The summed E-state index contributed by atoms with van der Waals surface area (Å²) in [6.45, 7) is 0. The Morgan fingerprint density at radius 3 is 2.44 bits per heavy atom. The monoisotopic (exact) mass is 235 g/mol. The van der Waals surface area contributed by atoms with Gasteiger partial charge in [-0.15, -0.1) is 11.3 Å². The summed E-state index contributed by atoms with van der Waals surface area (Å²) in [4.78, 5) is 15.5. The van der Waals surface area contributed by atoms with Gasteiger partial charge in [-0.2, -0.15) is 0 Å². The Morgan fingerprint density at radius 1 is 1.19 bits per heavy atom. The zero-order valence-electron chi connectivity index (χ0n) is 9.39. The van der Waals surface area contributed by atoms with Gasteiger partial charge in [0.1, 0.15) is 0 Å². The maximum atomic E-state index is 12.4. The summed E-state index contributed by atoms with van der Waals surface area (Å²) in [5, 5.41) is 1.99. The number of carbonyl (C=O) groups excluding carboxylic acids is 1. The molecule has 2 saturated carbocycles. The fourth-order valence-electron chi connectivity index (χ4n) is 2.69. The van der Waals surface area contributed by atoms with Crippen LogP contribution in [0.4, 0.5) is 0 Å². The number of hydrogen-bond acceptors (Lipinski definition) is 2. The van der Waals surface area contributed by atoms with E-state index in [9.17, 15) is 4.79 Å². The average molecular weight is 235 g/mol. The first kappa shape index (κ1) is 10.3. The zero-order valence-corrected chi connectivity index (χ0v) is 10.2. The number of hydrogen-bond donors (Lipinski definition) is 0. The molecular weight excluding hydrogens is 218 g/mol. The van der Waals surface area contributed by atoms with Gasteiger partial charge in [-0.1, -0.05) is 18.9 Å². The summed E-state index contributed by atoms with van der Waals surface area (Å²) >= 11 is 1.57. The first-order valence-corrected chi connectivity index (χ1v) is 7.10. The van der Waals surface area contributed by atoms with Crippen LogP contribution in [0.25, 0.3) is 0 Å². The van der Waals surface area contributed by atoms with Crippen molar-refractivity contribution in [2.24, 2.45) is 0 Å². The van der Waals surface area contributed by atoms with Gasteiger partial charge in [0.05, 0.1) is 4.88 Å². The number of rotatable bonds is 3. The SMILES string of the molecule is O=C(c1cccs1)N(C1CCCC1)C1CC1. The van der Waals surface area contributed by atoms with E-state index < -0.39 is 0 Å². The summed E-state index contributed by atoms with van der Waals surface area (Å²) < 4.78 is 0. The van der Waals surface area contributed by atoms with E-state index in [1.807, 2.05) is 17.5 Å². The maximum Gasteiger partial charge on any atom is 0.264 e. The predicted octanol–water partition coefficient (Wildman–Crippen LogP) is 3.30. The lowest BCUT2D eigenvalue weighted by Crippen LogP contribution is -2.40. The van der Waals surface area contributed by atoms with Gasteiger partial charge in [-0.05, 0) is 37.1 Å². The molecule has 0 radical (unpaired) electrons. The first-order valence-electron chi connectivity index (χ1n) is 6.22. The third kappa shape index (κ3) is 1.88. The van der Waals surface area contributed by atoms with E-state index in [1.54, 1.807) is 11.3 Å². The van der Waals surface area contributed by atoms with E-state index in [4.69, 9.17) is 0 Å². The maximum absolute atomic E-state index is 12.4. The van der Waals surface area contributed by atoms with Crippen molar-refractivity contribution in [1.29, 1.82) is 0 Å². The largest absolute Gasteiger partial charge is 0.332 e. The second-order valence-corrected chi connectivity index (χ2v) is 5.81. The van der Waals surface area contributed by atoms with Crippen LogP contribution in [0.3, 0.4) is 0 Å². The number of thiophene rings is 1. The molecule has 2 aliphatic carbocycles. The summed E-state index contributed by atoms with van der Waals surface area (Å²) in [5.74, 6) is 0.282. The molecule has 2 aliphatic rings. The Hall–Kier alpha value is -0.830. The summed E-state index contributed by atoms with van der Waals surface area (Å²) in [6.07, 6.45) is 7.46. The van der Waals surface area contributed by atoms with Crippen LogP contribution in [0.15, 0.2) is 17.5 Å². The van der Waals surface area contributed by atoms with E-state index in [-0.39, 0.29) is 5.91 Å². The van der Waals surface area contributed by atoms with E-state index in [1.165, 1.54) is 38.5 Å². The van der Waals surface area contributed by atoms with E-state index in [0.717, 1.165) is 4.88 Å². The van der Waals surface area contributed by atoms with Gasteiger partial charge in [0, 0.05) is 12.1 Å². The van der Waals surface area contributed by atoms with Crippen LogP contribution in [0.2, 0.25) is 0 Å². The third-order valence-electron chi connectivity index (χ3n) is 3.62. The highest BCUT2D eigenvalue weighted by molar-refractivity contribution is 7.12. The van der Waals surface area contributed by atoms with Crippen molar-refractivity contribution in [3.05, 3.63) is 22.4 Å². The standard InChI is InChI=1S/C13H17NOS/c15-13(12-6-3-9-16-12)14(11-7-8-11)10-4-1-2-5-10/h3,6,9-11H,1-2,4-5,7-8H2. The van der Waals surface area contributed by atoms with Crippen molar-refractivity contribution >= 4 is 17.2 Å². The van der Waals surface area contributed by atoms with E-state index >= 15 is 0 Å². The molecule has 2 fully saturated rings. The highest BCUT2D eigenvalue weighted by Crippen LogP contribution is 2.35. The van der Waals surface area contributed by atoms with Gasteiger partial charge in [0.25, 0.3) is 5.91 Å². The van der Waals surface area contributed by atoms with Crippen molar-refractivity contribution in [2.75, 3.05) is 0 Å². The Morgan fingerprint density at radius 2 is 1.88 bits per heavy atom. The van der Waals surface area contributed by atoms with Gasteiger partial charge < -0.3 is 4.90 Å². The quantitative estimate of drug-likeness (QED) is 0.787. The minimum Gasteiger partial charge on any atom is -0.332 e. The molecule has 1 aromatic rings. The highest BCUT2D eigenvalue weighted by Gasteiger charge is 2.38. The minimum atomic E-state index is 0.282. The Balaban J connectivity index is 1.79. The molecule has 1 heterocycles.